The Hall–Kier alpha value is -2.19. The quantitative estimate of drug-likeness (QED) is 0.705. The SMILES string of the molecule is COCC(CNC(=O)Nc1cccc(F)c1C(=O)O)OC. The summed E-state index contributed by atoms with van der Waals surface area (Å²) >= 11 is 0. The zero-order valence-electron chi connectivity index (χ0n) is 11.7. The number of amides is 2. The molecule has 0 aliphatic carbocycles. The van der Waals surface area contributed by atoms with Gasteiger partial charge in [0, 0.05) is 20.8 Å². The second kappa shape index (κ2) is 8.18. The molecule has 0 fully saturated rings. The maximum Gasteiger partial charge on any atom is 0.340 e. The van der Waals surface area contributed by atoms with E-state index in [2.05, 4.69) is 10.6 Å². The topological polar surface area (TPSA) is 96.9 Å². The van der Waals surface area contributed by atoms with E-state index in [1.807, 2.05) is 0 Å². The highest BCUT2D eigenvalue weighted by molar-refractivity contribution is 6.00. The molecule has 0 aliphatic heterocycles. The molecule has 0 spiro atoms. The predicted molar refractivity (Wildman–Crippen MR) is 73.1 cm³/mol. The Bertz CT molecular complexity index is 509. The Balaban J connectivity index is 2.67. The number of ether oxygens (including phenoxy) is 2. The number of carboxylic acids is 1. The van der Waals surface area contributed by atoms with Crippen molar-refractivity contribution in [3.8, 4) is 0 Å². The van der Waals surface area contributed by atoms with Crippen LogP contribution in [0.3, 0.4) is 0 Å². The standard InChI is InChI=1S/C13H17FN2O5/c1-20-7-8(21-2)6-15-13(19)16-10-5-3-4-9(14)11(10)12(17)18/h3-5,8H,6-7H2,1-2H3,(H,17,18)(H2,15,16,19). The number of urea groups is 1. The molecule has 0 saturated heterocycles. The van der Waals surface area contributed by atoms with Crippen molar-refractivity contribution in [3.63, 3.8) is 0 Å². The Morgan fingerprint density at radius 1 is 1.38 bits per heavy atom. The number of carbonyl (C=O) groups is 2. The molecule has 0 bridgehead atoms. The van der Waals surface area contributed by atoms with Crippen molar-refractivity contribution in [1.29, 1.82) is 0 Å². The first-order valence-electron chi connectivity index (χ1n) is 6.08. The lowest BCUT2D eigenvalue weighted by Gasteiger charge is -2.16. The van der Waals surface area contributed by atoms with Gasteiger partial charge in [-0.25, -0.2) is 14.0 Å². The first kappa shape index (κ1) is 16.9. The van der Waals surface area contributed by atoms with Crippen LogP contribution in [-0.4, -0.2) is 50.6 Å². The molecule has 1 rings (SSSR count). The largest absolute Gasteiger partial charge is 0.478 e. The molecule has 3 N–H and O–H groups in total. The molecule has 0 radical (unpaired) electrons. The lowest BCUT2D eigenvalue weighted by molar-refractivity contribution is 0.0307. The van der Waals surface area contributed by atoms with Gasteiger partial charge in [0.25, 0.3) is 0 Å². The number of carboxylic acid groups (broad SMARTS) is 1. The number of carbonyl (C=O) groups excluding carboxylic acids is 1. The van der Waals surface area contributed by atoms with Crippen molar-refractivity contribution in [3.05, 3.63) is 29.6 Å². The van der Waals surface area contributed by atoms with E-state index in [9.17, 15) is 14.0 Å². The van der Waals surface area contributed by atoms with Crippen LogP contribution in [0.25, 0.3) is 0 Å². The first-order chi connectivity index (χ1) is 9.99. The van der Waals surface area contributed by atoms with Gasteiger partial charge in [-0.05, 0) is 12.1 Å². The summed E-state index contributed by atoms with van der Waals surface area (Å²) in [6, 6.07) is 2.95. The smallest absolute Gasteiger partial charge is 0.340 e. The predicted octanol–water partition coefficient (Wildman–Crippen LogP) is 1.31. The fraction of sp³-hybridized carbons (Fsp3) is 0.385. The van der Waals surface area contributed by atoms with Crippen LogP contribution < -0.4 is 10.6 Å². The number of rotatable bonds is 7. The van der Waals surface area contributed by atoms with Crippen LogP contribution in [0, 0.1) is 5.82 Å². The Morgan fingerprint density at radius 2 is 2.10 bits per heavy atom. The average molecular weight is 300 g/mol. The van der Waals surface area contributed by atoms with Crippen LogP contribution in [0.2, 0.25) is 0 Å². The van der Waals surface area contributed by atoms with Gasteiger partial charge in [-0.2, -0.15) is 0 Å². The van der Waals surface area contributed by atoms with Crippen LogP contribution in [-0.2, 0) is 9.47 Å². The summed E-state index contributed by atoms with van der Waals surface area (Å²) in [6.45, 7) is 0.449. The average Bonchev–Trinajstić information content (AvgIpc) is 2.43. The summed E-state index contributed by atoms with van der Waals surface area (Å²) in [5, 5.41) is 13.7. The molecular formula is C13H17FN2O5. The lowest BCUT2D eigenvalue weighted by atomic mass is 10.1. The third-order valence-electron chi connectivity index (χ3n) is 2.65. The molecule has 7 nitrogen and oxygen atoms in total. The van der Waals surface area contributed by atoms with Crippen LogP contribution in [0.1, 0.15) is 10.4 Å². The fourth-order valence-corrected chi connectivity index (χ4v) is 1.61. The van der Waals surface area contributed by atoms with Crippen molar-refractivity contribution < 1.29 is 28.6 Å². The van der Waals surface area contributed by atoms with Crippen molar-refractivity contribution in [2.45, 2.75) is 6.10 Å². The van der Waals surface area contributed by atoms with Gasteiger partial charge in [0.05, 0.1) is 18.4 Å². The number of halogens is 1. The summed E-state index contributed by atoms with van der Waals surface area (Å²) in [5.41, 5.74) is -0.714. The Morgan fingerprint density at radius 3 is 2.67 bits per heavy atom. The van der Waals surface area contributed by atoms with E-state index >= 15 is 0 Å². The van der Waals surface area contributed by atoms with Gasteiger partial charge in [-0.3, -0.25) is 0 Å². The molecule has 1 unspecified atom stereocenters. The highest BCUT2D eigenvalue weighted by atomic mass is 19.1. The van der Waals surface area contributed by atoms with Gasteiger partial charge in [0.2, 0.25) is 0 Å². The monoisotopic (exact) mass is 300 g/mol. The van der Waals surface area contributed by atoms with Crippen LogP contribution >= 0.6 is 0 Å². The molecule has 0 aliphatic rings. The van der Waals surface area contributed by atoms with E-state index in [0.717, 1.165) is 6.07 Å². The summed E-state index contributed by atoms with van der Waals surface area (Å²) in [5.74, 6) is -2.38. The maximum absolute atomic E-state index is 13.4. The number of anilines is 1. The van der Waals surface area contributed by atoms with Gasteiger partial charge >= 0.3 is 12.0 Å². The highest BCUT2D eigenvalue weighted by Gasteiger charge is 2.17. The molecule has 1 aromatic rings. The minimum absolute atomic E-state index is 0.124. The molecule has 0 heterocycles. The van der Waals surface area contributed by atoms with Gasteiger partial charge in [0.15, 0.2) is 0 Å². The zero-order chi connectivity index (χ0) is 15.8. The van der Waals surface area contributed by atoms with Gasteiger partial charge in [0.1, 0.15) is 11.4 Å². The van der Waals surface area contributed by atoms with E-state index in [1.165, 1.54) is 26.4 Å². The summed E-state index contributed by atoms with van der Waals surface area (Å²) < 4.78 is 23.4. The lowest BCUT2D eigenvalue weighted by Crippen LogP contribution is -2.38. The van der Waals surface area contributed by atoms with Crippen molar-refractivity contribution in [2.75, 3.05) is 32.7 Å². The van der Waals surface area contributed by atoms with Gasteiger partial charge in [-0.1, -0.05) is 6.07 Å². The van der Waals surface area contributed by atoms with Crippen molar-refractivity contribution in [1.82, 2.24) is 5.32 Å². The number of aromatic carboxylic acids is 1. The fourth-order valence-electron chi connectivity index (χ4n) is 1.61. The summed E-state index contributed by atoms with van der Waals surface area (Å²) in [6.07, 6.45) is -0.341. The van der Waals surface area contributed by atoms with E-state index in [-0.39, 0.29) is 24.9 Å². The van der Waals surface area contributed by atoms with Crippen LogP contribution in [0.5, 0.6) is 0 Å². The van der Waals surface area contributed by atoms with Gasteiger partial charge in [-0.15, -0.1) is 0 Å². The van der Waals surface area contributed by atoms with Gasteiger partial charge < -0.3 is 25.2 Å². The van der Waals surface area contributed by atoms with E-state index < -0.39 is 23.4 Å². The number of nitrogens with one attached hydrogen (secondary N) is 2. The molecular weight excluding hydrogens is 283 g/mol. The number of benzene rings is 1. The number of hydrogen-bond donors (Lipinski definition) is 3. The summed E-state index contributed by atoms with van der Waals surface area (Å²) in [7, 11) is 2.97. The Kier molecular flexibility index (Phi) is 6.57. The minimum atomic E-state index is -1.46. The first-order valence-corrected chi connectivity index (χ1v) is 6.08. The second-order valence-corrected chi connectivity index (χ2v) is 4.12. The molecule has 1 aromatic carbocycles. The molecule has 2 amide bonds. The third-order valence-corrected chi connectivity index (χ3v) is 2.65. The molecule has 0 aromatic heterocycles. The Labute approximate surface area is 121 Å². The van der Waals surface area contributed by atoms with E-state index in [0.29, 0.717) is 0 Å². The normalized spacial score (nSPS) is 11.8. The van der Waals surface area contributed by atoms with Crippen molar-refractivity contribution >= 4 is 17.7 Å². The maximum atomic E-state index is 13.4. The molecule has 21 heavy (non-hydrogen) atoms. The van der Waals surface area contributed by atoms with Crippen LogP contribution in [0.15, 0.2) is 18.2 Å². The third kappa shape index (κ3) is 5.01. The molecule has 116 valence electrons. The summed E-state index contributed by atoms with van der Waals surface area (Å²) in [4.78, 5) is 22.7. The molecule has 8 heteroatoms. The van der Waals surface area contributed by atoms with E-state index in [4.69, 9.17) is 14.6 Å². The zero-order valence-corrected chi connectivity index (χ0v) is 11.7. The molecule has 0 saturated carbocycles. The van der Waals surface area contributed by atoms with Crippen molar-refractivity contribution in [2.24, 2.45) is 0 Å². The van der Waals surface area contributed by atoms with Crippen LogP contribution in [0.4, 0.5) is 14.9 Å². The number of methoxy groups -OCH3 is 2. The number of hydrogen-bond acceptors (Lipinski definition) is 4. The second-order valence-electron chi connectivity index (χ2n) is 4.12. The van der Waals surface area contributed by atoms with E-state index in [1.54, 1.807) is 0 Å². The highest BCUT2D eigenvalue weighted by Crippen LogP contribution is 2.18. The molecule has 1 atom stereocenters. The minimum Gasteiger partial charge on any atom is -0.478 e.